The minimum absolute atomic E-state index is 0.0797. The molecule has 0 aliphatic heterocycles. The number of carbonyl (C=O) groups is 1. The van der Waals surface area contributed by atoms with Gasteiger partial charge in [-0.15, -0.1) is 0 Å². The summed E-state index contributed by atoms with van der Waals surface area (Å²) in [7, 11) is 0. The zero-order valence-electron chi connectivity index (χ0n) is 12.3. The van der Waals surface area contributed by atoms with E-state index in [4.69, 9.17) is 0 Å². The summed E-state index contributed by atoms with van der Waals surface area (Å²) in [5, 5.41) is 10.2. The van der Waals surface area contributed by atoms with Gasteiger partial charge in [-0.25, -0.2) is 0 Å². The number of fused-ring (bicyclic) bond motifs is 2. The van der Waals surface area contributed by atoms with Crippen molar-refractivity contribution in [2.75, 3.05) is 0 Å². The molecular formula is C16H26O2Se. The van der Waals surface area contributed by atoms with Crippen LogP contribution in [0.4, 0.5) is 0 Å². The van der Waals surface area contributed by atoms with Gasteiger partial charge in [0.1, 0.15) is 0 Å². The van der Waals surface area contributed by atoms with E-state index < -0.39 is 0 Å². The molecule has 19 heavy (non-hydrogen) atoms. The molecule has 0 aromatic rings. The van der Waals surface area contributed by atoms with Crippen molar-refractivity contribution >= 4 is 20.7 Å². The van der Waals surface area contributed by atoms with Crippen LogP contribution in [0.5, 0.6) is 0 Å². The van der Waals surface area contributed by atoms with Gasteiger partial charge in [-0.3, -0.25) is 0 Å². The number of hydrogen-bond acceptors (Lipinski definition) is 2. The van der Waals surface area contributed by atoms with Crippen LogP contribution in [-0.2, 0) is 4.79 Å². The average Bonchev–Trinajstić information content (AvgIpc) is 2.66. The van der Waals surface area contributed by atoms with E-state index >= 15 is 0 Å². The zero-order chi connectivity index (χ0) is 13.8. The predicted octanol–water partition coefficient (Wildman–Crippen LogP) is 3.23. The zero-order valence-corrected chi connectivity index (χ0v) is 14.0. The second-order valence-electron chi connectivity index (χ2n) is 7.51. The van der Waals surface area contributed by atoms with E-state index in [0.29, 0.717) is 36.3 Å². The first-order valence-corrected chi connectivity index (χ1v) is 9.73. The fraction of sp³-hybridized carbons (Fsp3) is 0.938. The molecule has 0 aromatic heterocycles. The molecule has 0 saturated heterocycles. The Morgan fingerprint density at radius 1 is 1.16 bits per heavy atom. The summed E-state index contributed by atoms with van der Waals surface area (Å²) in [6.45, 7) is 6.80. The van der Waals surface area contributed by atoms with Gasteiger partial charge in [-0.2, -0.15) is 0 Å². The molecule has 3 heteroatoms. The Morgan fingerprint density at radius 3 is 2.42 bits per heavy atom. The number of rotatable bonds is 2. The van der Waals surface area contributed by atoms with Crippen LogP contribution in [0.25, 0.3) is 0 Å². The number of hydrogen-bond donors (Lipinski definition) is 1. The third-order valence-corrected chi connectivity index (χ3v) is 10.1. The quantitative estimate of drug-likeness (QED) is 0.790. The number of carbonyl (C=O) groups excluding carboxylic acids is 1. The molecule has 3 aliphatic rings. The summed E-state index contributed by atoms with van der Waals surface area (Å²) >= 11 is 0.303. The van der Waals surface area contributed by atoms with Crippen LogP contribution in [0.2, 0.25) is 9.63 Å². The van der Waals surface area contributed by atoms with Gasteiger partial charge in [0.25, 0.3) is 0 Å². The molecule has 0 spiro atoms. The predicted molar refractivity (Wildman–Crippen MR) is 77.3 cm³/mol. The number of aliphatic hydroxyl groups is 1. The molecule has 3 fully saturated rings. The first kappa shape index (κ1) is 14.1. The minimum atomic E-state index is -0.128. The van der Waals surface area contributed by atoms with E-state index in [9.17, 15) is 9.90 Å². The maximum atomic E-state index is 12.8. The summed E-state index contributed by atoms with van der Waals surface area (Å²) in [6.07, 6.45) is 6.70. The van der Waals surface area contributed by atoms with Gasteiger partial charge in [0.05, 0.1) is 0 Å². The Hall–Kier alpha value is 0.149. The van der Waals surface area contributed by atoms with E-state index in [1.54, 1.807) is 0 Å². The number of aliphatic hydroxyl groups excluding tert-OH is 1. The van der Waals surface area contributed by atoms with Crippen molar-refractivity contribution in [1.82, 2.24) is 0 Å². The summed E-state index contributed by atoms with van der Waals surface area (Å²) < 4.78 is 0. The van der Waals surface area contributed by atoms with Crippen molar-refractivity contribution in [3.63, 3.8) is 0 Å². The van der Waals surface area contributed by atoms with Gasteiger partial charge >= 0.3 is 122 Å². The second kappa shape index (κ2) is 4.58. The molecule has 0 radical (unpaired) electrons. The number of Topliss-reactive ketones (excluding diaryl/α,β-unsaturated/α-hetero) is 1. The van der Waals surface area contributed by atoms with Gasteiger partial charge in [-0.1, -0.05) is 0 Å². The van der Waals surface area contributed by atoms with E-state index in [0.717, 1.165) is 19.3 Å². The van der Waals surface area contributed by atoms with E-state index in [1.807, 2.05) is 0 Å². The Balaban J connectivity index is 1.78. The van der Waals surface area contributed by atoms with Crippen LogP contribution in [0, 0.1) is 16.7 Å². The van der Waals surface area contributed by atoms with Gasteiger partial charge < -0.3 is 0 Å². The standard InChI is InChI=1S/C16H26O2Se/c1-15(2)10-8-9-16(15,3)14(18)13(10)19-12-7-5-4-6-11(12)17/h10-13,17H,4-9H2,1-3H3/t10-,11+,12+,13+,16+/m1/s1. The summed E-state index contributed by atoms with van der Waals surface area (Å²) in [6, 6.07) is 0. The third-order valence-electron chi connectivity index (χ3n) is 6.46. The summed E-state index contributed by atoms with van der Waals surface area (Å²) in [4.78, 5) is 13.5. The molecule has 5 atom stereocenters. The Labute approximate surface area is 122 Å². The molecule has 0 heterocycles. The van der Waals surface area contributed by atoms with Gasteiger partial charge in [0.15, 0.2) is 0 Å². The van der Waals surface area contributed by atoms with Crippen LogP contribution in [0.3, 0.4) is 0 Å². The third kappa shape index (κ3) is 1.88. The van der Waals surface area contributed by atoms with Crippen molar-refractivity contribution < 1.29 is 9.90 Å². The Kier molecular flexibility index (Phi) is 3.40. The van der Waals surface area contributed by atoms with Gasteiger partial charge in [-0.05, 0) is 0 Å². The Morgan fingerprint density at radius 2 is 1.84 bits per heavy atom. The van der Waals surface area contributed by atoms with Crippen molar-refractivity contribution in [2.45, 2.75) is 75.0 Å². The van der Waals surface area contributed by atoms with Gasteiger partial charge in [0.2, 0.25) is 0 Å². The molecular weight excluding hydrogens is 303 g/mol. The second-order valence-corrected chi connectivity index (χ2v) is 10.4. The summed E-state index contributed by atoms with van der Waals surface area (Å²) in [5.41, 5.74) is 0.0970. The fourth-order valence-electron chi connectivity index (χ4n) is 4.58. The maximum absolute atomic E-state index is 12.8. The monoisotopic (exact) mass is 330 g/mol. The molecule has 3 rings (SSSR count). The molecule has 3 aliphatic carbocycles. The normalized spacial score (nSPS) is 48.7. The van der Waals surface area contributed by atoms with E-state index in [1.165, 1.54) is 19.3 Å². The summed E-state index contributed by atoms with van der Waals surface area (Å²) in [5.74, 6) is 1.12. The molecule has 0 aromatic carbocycles. The van der Waals surface area contributed by atoms with Crippen molar-refractivity contribution in [1.29, 1.82) is 0 Å². The average molecular weight is 329 g/mol. The van der Waals surface area contributed by atoms with Crippen LogP contribution >= 0.6 is 0 Å². The molecule has 108 valence electrons. The molecule has 3 saturated carbocycles. The van der Waals surface area contributed by atoms with E-state index in [2.05, 4.69) is 20.8 Å². The van der Waals surface area contributed by atoms with Crippen molar-refractivity contribution in [3.05, 3.63) is 0 Å². The molecule has 2 nitrogen and oxygen atoms in total. The van der Waals surface area contributed by atoms with Gasteiger partial charge in [0, 0.05) is 0 Å². The molecule has 0 amide bonds. The van der Waals surface area contributed by atoms with Crippen molar-refractivity contribution in [3.8, 4) is 0 Å². The molecule has 0 unspecified atom stereocenters. The molecule has 2 bridgehead atoms. The first-order valence-electron chi connectivity index (χ1n) is 7.76. The van der Waals surface area contributed by atoms with Crippen LogP contribution in [0.1, 0.15) is 59.3 Å². The number of ketones is 1. The fourth-order valence-corrected chi connectivity index (χ4v) is 8.88. The SMILES string of the molecule is CC1(C)[C@@H]2CC[C@@]1(C)C(=O)[C@H]2[Se][C@H]1CCCC[C@@H]1O. The van der Waals surface area contributed by atoms with Crippen LogP contribution < -0.4 is 0 Å². The topological polar surface area (TPSA) is 37.3 Å². The first-order chi connectivity index (χ1) is 8.88. The van der Waals surface area contributed by atoms with Crippen molar-refractivity contribution in [2.24, 2.45) is 16.7 Å². The van der Waals surface area contributed by atoms with E-state index in [-0.39, 0.29) is 16.9 Å². The Bertz CT molecular complexity index is 392. The van der Waals surface area contributed by atoms with Crippen LogP contribution in [0.15, 0.2) is 0 Å². The van der Waals surface area contributed by atoms with Crippen LogP contribution in [-0.4, -0.2) is 32.0 Å². The molecule has 1 N–H and O–H groups in total.